The number of benzene rings is 3. The molecule has 1 aliphatic carbocycles. The van der Waals surface area contributed by atoms with E-state index in [4.69, 9.17) is 4.74 Å². The third-order valence-corrected chi connectivity index (χ3v) is 7.78. The fourth-order valence-corrected chi connectivity index (χ4v) is 6.12. The van der Waals surface area contributed by atoms with E-state index in [0.29, 0.717) is 17.7 Å². The minimum absolute atomic E-state index is 0.0302. The zero-order valence-corrected chi connectivity index (χ0v) is 20.2. The number of rotatable bonds is 4. The van der Waals surface area contributed by atoms with Gasteiger partial charge in [-0.1, -0.05) is 42.5 Å². The number of likely N-dealkylation sites (tertiary alicyclic amines) is 1. The SMILES string of the molecule is CC(=O)Oc1cccc([C@@]23CCN(C)C[C@H]2C(O)C[C@@H](NC(=O)c2ccc4ccccc4c2)C3)c1. The first-order valence-corrected chi connectivity index (χ1v) is 12.3. The number of hydrogen-bond donors (Lipinski definition) is 2. The molecule has 182 valence electrons. The van der Waals surface area contributed by atoms with Gasteiger partial charge in [-0.05, 0) is 73.5 Å². The van der Waals surface area contributed by atoms with Gasteiger partial charge in [0.05, 0.1) is 6.10 Å². The van der Waals surface area contributed by atoms with E-state index in [9.17, 15) is 14.7 Å². The second kappa shape index (κ2) is 9.44. The van der Waals surface area contributed by atoms with Gasteiger partial charge in [0.2, 0.25) is 0 Å². The Labute approximate surface area is 205 Å². The van der Waals surface area contributed by atoms with Gasteiger partial charge in [0.1, 0.15) is 5.75 Å². The number of nitrogens with one attached hydrogen (secondary N) is 1. The molecule has 6 nitrogen and oxygen atoms in total. The van der Waals surface area contributed by atoms with E-state index in [1.165, 1.54) is 6.92 Å². The quantitative estimate of drug-likeness (QED) is 0.445. The molecule has 0 aromatic heterocycles. The summed E-state index contributed by atoms with van der Waals surface area (Å²) in [6.07, 6.45) is 1.55. The van der Waals surface area contributed by atoms with E-state index in [2.05, 4.69) is 23.3 Å². The predicted molar refractivity (Wildman–Crippen MR) is 135 cm³/mol. The number of aliphatic hydroxyl groups is 1. The van der Waals surface area contributed by atoms with Crippen molar-refractivity contribution in [3.8, 4) is 5.75 Å². The summed E-state index contributed by atoms with van der Waals surface area (Å²) in [6, 6.07) is 21.2. The fourth-order valence-electron chi connectivity index (χ4n) is 6.12. The topological polar surface area (TPSA) is 78.9 Å². The summed E-state index contributed by atoms with van der Waals surface area (Å²) in [4.78, 5) is 27.0. The summed E-state index contributed by atoms with van der Waals surface area (Å²) < 4.78 is 5.37. The van der Waals surface area contributed by atoms with E-state index < -0.39 is 6.10 Å². The normalized spacial score (nSPS) is 26.7. The van der Waals surface area contributed by atoms with Crippen LogP contribution in [0, 0.1) is 5.92 Å². The monoisotopic (exact) mass is 472 g/mol. The molecule has 0 radical (unpaired) electrons. The van der Waals surface area contributed by atoms with Gasteiger partial charge < -0.3 is 20.1 Å². The van der Waals surface area contributed by atoms with Crippen LogP contribution in [0.25, 0.3) is 10.8 Å². The van der Waals surface area contributed by atoms with Crippen molar-refractivity contribution in [2.45, 2.75) is 43.7 Å². The lowest BCUT2D eigenvalue weighted by atomic mass is 9.57. The second-order valence-corrected chi connectivity index (χ2v) is 10.1. The van der Waals surface area contributed by atoms with Crippen molar-refractivity contribution >= 4 is 22.6 Å². The van der Waals surface area contributed by atoms with Crippen LogP contribution in [0.5, 0.6) is 5.75 Å². The summed E-state index contributed by atoms with van der Waals surface area (Å²) in [5.74, 6) is 0.0634. The zero-order chi connectivity index (χ0) is 24.6. The average Bonchev–Trinajstić information content (AvgIpc) is 2.84. The van der Waals surface area contributed by atoms with Crippen LogP contribution in [-0.2, 0) is 10.2 Å². The van der Waals surface area contributed by atoms with E-state index in [1.807, 2.05) is 54.6 Å². The summed E-state index contributed by atoms with van der Waals surface area (Å²) in [5.41, 5.74) is 1.36. The summed E-state index contributed by atoms with van der Waals surface area (Å²) in [6.45, 7) is 3.07. The Bertz CT molecular complexity index is 1260. The molecule has 2 N–H and O–H groups in total. The molecule has 2 aliphatic rings. The van der Waals surface area contributed by atoms with E-state index in [0.717, 1.165) is 42.3 Å². The molecular weight excluding hydrogens is 440 g/mol. The lowest BCUT2D eigenvalue weighted by Crippen LogP contribution is -2.60. The molecule has 3 aromatic rings. The van der Waals surface area contributed by atoms with E-state index in [-0.39, 0.29) is 29.3 Å². The van der Waals surface area contributed by atoms with Crippen LogP contribution in [0.3, 0.4) is 0 Å². The molecule has 1 saturated heterocycles. The van der Waals surface area contributed by atoms with Crippen LogP contribution in [0.1, 0.15) is 42.1 Å². The standard InChI is InChI=1S/C29H32N2O4/c1-19(32)35-25-9-5-8-23(15-25)29-12-13-31(2)18-26(29)27(33)16-24(17-29)30-28(34)22-11-10-20-6-3-4-7-21(20)14-22/h3-11,14-15,24,26-27,33H,12-13,16-18H2,1-2H3,(H,30,34)/t24-,26+,27?,29+/m1/s1. The number of fused-ring (bicyclic) bond motifs is 2. The largest absolute Gasteiger partial charge is 0.427 e. The predicted octanol–water partition coefficient (Wildman–Crippen LogP) is 3.91. The molecule has 1 unspecified atom stereocenters. The molecule has 4 atom stereocenters. The van der Waals surface area contributed by atoms with Crippen LogP contribution in [0.15, 0.2) is 66.7 Å². The maximum atomic E-state index is 13.2. The van der Waals surface area contributed by atoms with Gasteiger partial charge in [-0.15, -0.1) is 0 Å². The van der Waals surface area contributed by atoms with Crippen molar-refractivity contribution < 1.29 is 19.4 Å². The molecule has 3 aromatic carbocycles. The van der Waals surface area contributed by atoms with Gasteiger partial charge >= 0.3 is 5.97 Å². The lowest BCUT2D eigenvalue weighted by molar-refractivity contribution is -0.131. The summed E-state index contributed by atoms with van der Waals surface area (Å²) >= 11 is 0. The summed E-state index contributed by atoms with van der Waals surface area (Å²) in [7, 11) is 2.08. The van der Waals surface area contributed by atoms with Crippen LogP contribution in [0.2, 0.25) is 0 Å². The lowest BCUT2D eigenvalue weighted by Gasteiger charge is -2.54. The molecule has 5 rings (SSSR count). The first-order valence-electron chi connectivity index (χ1n) is 12.3. The van der Waals surface area contributed by atoms with Crippen LogP contribution >= 0.6 is 0 Å². The number of piperidine rings is 1. The number of nitrogens with zero attached hydrogens (tertiary/aromatic N) is 1. The molecule has 0 spiro atoms. The Kier molecular flexibility index (Phi) is 6.34. The molecule has 6 heteroatoms. The highest BCUT2D eigenvalue weighted by atomic mass is 16.5. The van der Waals surface area contributed by atoms with Gasteiger partial charge in [0.25, 0.3) is 5.91 Å². The number of hydrogen-bond acceptors (Lipinski definition) is 5. The number of carbonyl (C=O) groups is 2. The van der Waals surface area contributed by atoms with Gasteiger partial charge in [-0.3, -0.25) is 9.59 Å². The Hall–Kier alpha value is -3.22. The Morgan fingerprint density at radius 1 is 1.06 bits per heavy atom. The molecule has 1 aliphatic heterocycles. The molecule has 1 heterocycles. The van der Waals surface area contributed by atoms with Gasteiger partial charge in [0, 0.05) is 36.4 Å². The highest BCUT2D eigenvalue weighted by Gasteiger charge is 2.51. The minimum atomic E-state index is -0.550. The van der Waals surface area contributed by atoms with Gasteiger partial charge in [-0.2, -0.15) is 0 Å². The van der Waals surface area contributed by atoms with Crippen molar-refractivity contribution in [1.29, 1.82) is 0 Å². The average molecular weight is 473 g/mol. The number of ether oxygens (including phenoxy) is 1. The number of amides is 1. The Morgan fingerprint density at radius 3 is 2.66 bits per heavy atom. The van der Waals surface area contributed by atoms with Crippen molar-refractivity contribution in [3.05, 3.63) is 77.9 Å². The third-order valence-electron chi connectivity index (χ3n) is 7.78. The molecule has 2 fully saturated rings. The minimum Gasteiger partial charge on any atom is -0.427 e. The summed E-state index contributed by atoms with van der Waals surface area (Å²) in [5, 5.41) is 16.6. The molecule has 1 amide bonds. The van der Waals surface area contributed by atoms with Gasteiger partial charge in [0.15, 0.2) is 0 Å². The second-order valence-electron chi connectivity index (χ2n) is 10.1. The van der Waals surface area contributed by atoms with E-state index >= 15 is 0 Å². The van der Waals surface area contributed by atoms with E-state index in [1.54, 1.807) is 6.07 Å². The zero-order valence-electron chi connectivity index (χ0n) is 20.2. The maximum Gasteiger partial charge on any atom is 0.308 e. The smallest absolute Gasteiger partial charge is 0.308 e. The third kappa shape index (κ3) is 4.68. The molecule has 1 saturated carbocycles. The molecule has 0 bridgehead atoms. The van der Waals surface area contributed by atoms with Crippen LogP contribution in [0.4, 0.5) is 0 Å². The van der Waals surface area contributed by atoms with Crippen molar-refractivity contribution in [1.82, 2.24) is 10.2 Å². The first-order chi connectivity index (χ1) is 16.8. The van der Waals surface area contributed by atoms with Crippen molar-refractivity contribution in [3.63, 3.8) is 0 Å². The van der Waals surface area contributed by atoms with Gasteiger partial charge in [-0.25, -0.2) is 0 Å². The maximum absolute atomic E-state index is 13.2. The molecule has 35 heavy (non-hydrogen) atoms. The van der Waals surface area contributed by atoms with Crippen molar-refractivity contribution in [2.24, 2.45) is 5.92 Å². The number of esters is 1. The van der Waals surface area contributed by atoms with Crippen LogP contribution < -0.4 is 10.1 Å². The van der Waals surface area contributed by atoms with Crippen LogP contribution in [-0.4, -0.2) is 54.2 Å². The fraction of sp³-hybridized carbons (Fsp3) is 0.379. The van der Waals surface area contributed by atoms with Crippen molar-refractivity contribution in [2.75, 3.05) is 20.1 Å². The highest BCUT2D eigenvalue weighted by Crippen LogP contribution is 2.49. The number of carbonyl (C=O) groups excluding carboxylic acids is 2. The Balaban J connectivity index is 1.44. The highest BCUT2D eigenvalue weighted by molar-refractivity contribution is 5.98. The first kappa shape index (κ1) is 23.5. The molecular formula is C29H32N2O4. The number of aliphatic hydroxyl groups excluding tert-OH is 1. The Morgan fingerprint density at radius 2 is 1.86 bits per heavy atom.